The number of aryl methyl sites for hydroxylation is 1. The summed E-state index contributed by atoms with van der Waals surface area (Å²) in [5.74, 6) is 1.58. The molecule has 0 amide bonds. The van der Waals surface area contributed by atoms with Gasteiger partial charge >= 0.3 is 0 Å². The van der Waals surface area contributed by atoms with Crippen LogP contribution in [0.4, 0.5) is 0 Å². The Morgan fingerprint density at radius 2 is 1.91 bits per heavy atom. The minimum atomic E-state index is -0.153. The standard InChI is InChI=1S/C25H21ClN4OS/c1-16-5-6-18(14-19(16)26)21-7-8-22(31-21)24-23(20-4-2-3-11-28-20)29-25(32)30(24)15-17-9-12-27-13-10-17/h2-14,23-24H,15H2,1H3,(H,29,32)/t23-,24-/m1/s1. The fraction of sp³-hybridized carbons (Fsp3) is 0.160. The van der Waals surface area contributed by atoms with Crippen LogP contribution in [0.2, 0.25) is 5.02 Å². The van der Waals surface area contributed by atoms with Crippen LogP contribution in [0.5, 0.6) is 0 Å². The highest BCUT2D eigenvalue weighted by Gasteiger charge is 2.41. The SMILES string of the molecule is Cc1ccc(-c2ccc([C@@H]3[C@@H](c4ccccn4)NC(=S)N3Cc3ccncc3)o2)cc1Cl. The first-order chi connectivity index (χ1) is 15.6. The van der Waals surface area contributed by atoms with E-state index in [4.69, 9.17) is 28.2 Å². The van der Waals surface area contributed by atoms with Gasteiger partial charge in [-0.05, 0) is 72.7 Å². The molecule has 0 unspecified atom stereocenters. The van der Waals surface area contributed by atoms with Crippen LogP contribution in [-0.4, -0.2) is 20.0 Å². The van der Waals surface area contributed by atoms with Crippen LogP contribution in [0, 0.1) is 6.92 Å². The zero-order valence-electron chi connectivity index (χ0n) is 17.4. The van der Waals surface area contributed by atoms with Crippen molar-refractivity contribution < 1.29 is 4.42 Å². The van der Waals surface area contributed by atoms with Gasteiger partial charge < -0.3 is 14.6 Å². The highest BCUT2D eigenvalue weighted by Crippen LogP contribution is 2.41. The summed E-state index contributed by atoms with van der Waals surface area (Å²) >= 11 is 12.1. The third-order valence-electron chi connectivity index (χ3n) is 5.67. The van der Waals surface area contributed by atoms with E-state index in [1.807, 2.05) is 67.6 Å². The van der Waals surface area contributed by atoms with E-state index in [1.54, 1.807) is 18.6 Å². The molecule has 4 heterocycles. The van der Waals surface area contributed by atoms with Crippen LogP contribution in [0.1, 0.15) is 34.7 Å². The first-order valence-corrected chi connectivity index (χ1v) is 11.1. The Labute approximate surface area is 197 Å². The molecular formula is C25H21ClN4OS. The van der Waals surface area contributed by atoms with Crippen LogP contribution in [0.25, 0.3) is 11.3 Å². The van der Waals surface area contributed by atoms with E-state index >= 15 is 0 Å². The van der Waals surface area contributed by atoms with Gasteiger partial charge in [-0.1, -0.05) is 29.8 Å². The van der Waals surface area contributed by atoms with Crippen LogP contribution in [-0.2, 0) is 6.54 Å². The molecule has 1 aliphatic rings. The van der Waals surface area contributed by atoms with Crippen LogP contribution in [0.15, 0.2) is 83.7 Å². The number of furan rings is 1. The van der Waals surface area contributed by atoms with Crippen molar-refractivity contribution in [1.82, 2.24) is 20.2 Å². The summed E-state index contributed by atoms with van der Waals surface area (Å²) in [7, 11) is 0. The minimum absolute atomic E-state index is 0.133. The smallest absolute Gasteiger partial charge is 0.170 e. The lowest BCUT2D eigenvalue weighted by Crippen LogP contribution is -2.29. The lowest BCUT2D eigenvalue weighted by molar-refractivity contribution is 0.269. The van der Waals surface area contributed by atoms with Gasteiger partial charge in [0.15, 0.2) is 5.11 Å². The van der Waals surface area contributed by atoms with Crippen molar-refractivity contribution in [3.05, 3.63) is 107 Å². The van der Waals surface area contributed by atoms with Gasteiger partial charge in [0.2, 0.25) is 0 Å². The molecule has 1 aromatic carbocycles. The summed E-state index contributed by atoms with van der Waals surface area (Å²) in [4.78, 5) is 10.9. The second-order valence-corrected chi connectivity index (χ2v) is 8.57. The molecule has 3 aromatic heterocycles. The molecule has 0 radical (unpaired) electrons. The Hall–Kier alpha value is -3.22. The molecule has 0 spiro atoms. The third kappa shape index (κ3) is 3.99. The maximum Gasteiger partial charge on any atom is 0.170 e. The fourth-order valence-electron chi connectivity index (χ4n) is 3.98. The molecule has 1 aliphatic heterocycles. The molecule has 1 saturated heterocycles. The number of hydrogen-bond donors (Lipinski definition) is 1. The Bertz CT molecular complexity index is 1250. The average molecular weight is 461 g/mol. The van der Waals surface area contributed by atoms with Crippen LogP contribution >= 0.6 is 23.8 Å². The molecule has 5 nitrogen and oxygen atoms in total. The number of hydrogen-bond acceptors (Lipinski definition) is 4. The second kappa shape index (κ2) is 8.73. The van der Waals surface area contributed by atoms with E-state index in [0.29, 0.717) is 11.7 Å². The number of nitrogens with one attached hydrogen (secondary N) is 1. The first kappa shape index (κ1) is 20.7. The monoisotopic (exact) mass is 460 g/mol. The van der Waals surface area contributed by atoms with Gasteiger partial charge in [0, 0.05) is 35.7 Å². The minimum Gasteiger partial charge on any atom is -0.459 e. The molecular weight excluding hydrogens is 440 g/mol. The predicted molar refractivity (Wildman–Crippen MR) is 129 cm³/mol. The normalized spacial score (nSPS) is 18.1. The summed E-state index contributed by atoms with van der Waals surface area (Å²) < 4.78 is 6.38. The highest BCUT2D eigenvalue weighted by molar-refractivity contribution is 7.80. The summed E-state index contributed by atoms with van der Waals surface area (Å²) in [5, 5.41) is 4.84. The fourth-order valence-corrected chi connectivity index (χ4v) is 4.47. The van der Waals surface area contributed by atoms with Gasteiger partial charge in [-0.2, -0.15) is 0 Å². The third-order valence-corrected chi connectivity index (χ3v) is 6.43. The Balaban J connectivity index is 1.54. The van der Waals surface area contributed by atoms with E-state index < -0.39 is 0 Å². The van der Waals surface area contributed by atoms with Gasteiger partial charge in [0.25, 0.3) is 0 Å². The number of pyridine rings is 2. The summed E-state index contributed by atoms with van der Waals surface area (Å²) in [6, 6.07) is 19.6. The average Bonchev–Trinajstić information content (AvgIpc) is 3.42. The molecule has 4 aromatic rings. The van der Waals surface area contributed by atoms with Crippen molar-refractivity contribution in [3.63, 3.8) is 0 Å². The molecule has 0 saturated carbocycles. The van der Waals surface area contributed by atoms with Crippen LogP contribution in [0.3, 0.4) is 0 Å². The lowest BCUT2D eigenvalue weighted by Gasteiger charge is -2.26. The largest absolute Gasteiger partial charge is 0.459 e. The number of thiocarbonyl (C=S) groups is 1. The molecule has 0 aliphatic carbocycles. The van der Waals surface area contributed by atoms with Crippen molar-refractivity contribution in [2.45, 2.75) is 25.6 Å². The number of nitrogens with zero attached hydrogens (tertiary/aromatic N) is 3. The van der Waals surface area contributed by atoms with E-state index in [9.17, 15) is 0 Å². The number of halogens is 1. The van der Waals surface area contributed by atoms with E-state index in [1.165, 1.54) is 0 Å². The molecule has 0 bridgehead atoms. The molecule has 7 heteroatoms. The first-order valence-electron chi connectivity index (χ1n) is 10.3. The van der Waals surface area contributed by atoms with Gasteiger partial charge in [-0.25, -0.2) is 0 Å². The molecule has 1 N–H and O–H groups in total. The molecule has 1 fully saturated rings. The molecule has 32 heavy (non-hydrogen) atoms. The van der Waals surface area contributed by atoms with E-state index in [0.717, 1.165) is 38.9 Å². The van der Waals surface area contributed by atoms with E-state index in [-0.39, 0.29) is 12.1 Å². The second-order valence-electron chi connectivity index (χ2n) is 7.78. The number of benzene rings is 1. The van der Waals surface area contributed by atoms with Crippen LogP contribution < -0.4 is 5.32 Å². The molecule has 5 rings (SSSR count). The zero-order valence-corrected chi connectivity index (χ0v) is 19.0. The molecule has 160 valence electrons. The zero-order chi connectivity index (χ0) is 22.1. The highest BCUT2D eigenvalue weighted by atomic mass is 35.5. The topological polar surface area (TPSA) is 54.2 Å². The van der Waals surface area contributed by atoms with Crippen molar-refractivity contribution >= 4 is 28.9 Å². The Morgan fingerprint density at radius 3 is 2.66 bits per heavy atom. The molecule has 2 atom stereocenters. The summed E-state index contributed by atoms with van der Waals surface area (Å²) in [6.07, 6.45) is 5.38. The Morgan fingerprint density at radius 1 is 1.06 bits per heavy atom. The van der Waals surface area contributed by atoms with Crippen molar-refractivity contribution in [2.75, 3.05) is 0 Å². The van der Waals surface area contributed by atoms with Crippen molar-refractivity contribution in [3.8, 4) is 11.3 Å². The lowest BCUT2D eigenvalue weighted by atomic mass is 10.0. The summed E-state index contributed by atoms with van der Waals surface area (Å²) in [5.41, 5.74) is 4.00. The number of aromatic nitrogens is 2. The predicted octanol–water partition coefficient (Wildman–Crippen LogP) is 5.87. The quantitative estimate of drug-likeness (QED) is 0.376. The van der Waals surface area contributed by atoms with Gasteiger partial charge in [-0.3, -0.25) is 9.97 Å². The van der Waals surface area contributed by atoms with Crippen molar-refractivity contribution in [1.29, 1.82) is 0 Å². The van der Waals surface area contributed by atoms with E-state index in [2.05, 4.69) is 20.2 Å². The number of rotatable bonds is 5. The Kier molecular flexibility index (Phi) is 5.64. The summed E-state index contributed by atoms with van der Waals surface area (Å²) in [6.45, 7) is 2.62. The van der Waals surface area contributed by atoms with Gasteiger partial charge in [0.1, 0.15) is 17.6 Å². The van der Waals surface area contributed by atoms with Gasteiger partial charge in [-0.15, -0.1) is 0 Å². The maximum atomic E-state index is 6.38. The van der Waals surface area contributed by atoms with Gasteiger partial charge in [0.05, 0.1) is 11.7 Å². The maximum absolute atomic E-state index is 6.38. The van der Waals surface area contributed by atoms with Crippen molar-refractivity contribution in [2.24, 2.45) is 0 Å².